The lowest BCUT2D eigenvalue weighted by Gasteiger charge is -2.29. The molecule has 2 N–H and O–H groups in total. The quantitative estimate of drug-likeness (QED) is 0.810. The first-order valence-corrected chi connectivity index (χ1v) is 8.36. The summed E-state index contributed by atoms with van der Waals surface area (Å²) in [5.74, 6) is 1.57. The van der Waals surface area contributed by atoms with Gasteiger partial charge in [0.25, 0.3) is 0 Å². The lowest BCUT2D eigenvalue weighted by Crippen LogP contribution is -2.31. The van der Waals surface area contributed by atoms with Crippen molar-refractivity contribution >= 4 is 0 Å². The second-order valence-electron chi connectivity index (χ2n) is 6.21. The highest BCUT2D eigenvalue weighted by Crippen LogP contribution is 2.38. The molecular weight excluding hydrogens is 266 g/mol. The van der Waals surface area contributed by atoms with Crippen LogP contribution in [0.15, 0.2) is 4.52 Å². The first-order chi connectivity index (χ1) is 10.1. The Morgan fingerprint density at radius 2 is 1.90 bits per heavy atom. The molecule has 0 radical (unpaired) electrons. The summed E-state index contributed by atoms with van der Waals surface area (Å²) in [6, 6.07) is -0.194. The molecule has 21 heavy (non-hydrogen) atoms. The summed E-state index contributed by atoms with van der Waals surface area (Å²) in [4.78, 5) is 4.61. The van der Waals surface area contributed by atoms with Gasteiger partial charge in [0.05, 0.1) is 6.04 Å². The third kappa shape index (κ3) is 3.64. The Balaban J connectivity index is 2.23. The van der Waals surface area contributed by atoms with Crippen molar-refractivity contribution in [2.45, 2.75) is 77.4 Å². The topological polar surface area (TPSA) is 74.2 Å². The molecule has 0 bridgehead atoms. The van der Waals surface area contributed by atoms with Crippen molar-refractivity contribution in [3.63, 3.8) is 0 Å². The molecule has 0 amide bonds. The van der Waals surface area contributed by atoms with E-state index in [4.69, 9.17) is 15.0 Å². The van der Waals surface area contributed by atoms with E-state index >= 15 is 0 Å². The largest absolute Gasteiger partial charge is 0.367 e. The third-order valence-electron chi connectivity index (χ3n) is 4.72. The predicted molar refractivity (Wildman–Crippen MR) is 81.7 cm³/mol. The van der Waals surface area contributed by atoms with E-state index in [0.29, 0.717) is 24.2 Å². The summed E-state index contributed by atoms with van der Waals surface area (Å²) in [6.45, 7) is 6.92. The number of hydrogen-bond donors (Lipinski definition) is 1. The molecule has 1 aliphatic carbocycles. The van der Waals surface area contributed by atoms with Crippen molar-refractivity contribution in [2.75, 3.05) is 6.61 Å². The molecule has 1 heterocycles. The van der Waals surface area contributed by atoms with Gasteiger partial charge in [0.1, 0.15) is 5.60 Å². The number of rotatable bonds is 6. The van der Waals surface area contributed by atoms with Crippen LogP contribution >= 0.6 is 0 Å². The van der Waals surface area contributed by atoms with Crippen LogP contribution in [0.3, 0.4) is 0 Å². The van der Waals surface area contributed by atoms with Crippen LogP contribution in [0.1, 0.15) is 83.5 Å². The van der Waals surface area contributed by atoms with E-state index in [9.17, 15) is 0 Å². The summed E-state index contributed by atoms with van der Waals surface area (Å²) in [7, 11) is 0. The van der Waals surface area contributed by atoms with E-state index in [0.717, 1.165) is 32.1 Å². The monoisotopic (exact) mass is 295 g/mol. The van der Waals surface area contributed by atoms with Crippen LogP contribution in [-0.2, 0) is 10.3 Å². The van der Waals surface area contributed by atoms with Crippen LogP contribution in [0.5, 0.6) is 0 Å². The third-order valence-corrected chi connectivity index (χ3v) is 4.72. The molecule has 0 spiro atoms. The van der Waals surface area contributed by atoms with Crippen LogP contribution in [0.25, 0.3) is 0 Å². The Labute approximate surface area is 127 Å². The molecule has 0 saturated heterocycles. The van der Waals surface area contributed by atoms with E-state index in [2.05, 4.69) is 24.0 Å². The maximum Gasteiger partial charge on any atom is 0.243 e. The van der Waals surface area contributed by atoms with Crippen molar-refractivity contribution in [3.05, 3.63) is 11.7 Å². The molecule has 1 fully saturated rings. The van der Waals surface area contributed by atoms with Gasteiger partial charge in [0, 0.05) is 6.61 Å². The van der Waals surface area contributed by atoms with E-state index < -0.39 is 0 Å². The van der Waals surface area contributed by atoms with Crippen LogP contribution in [0.4, 0.5) is 0 Å². The van der Waals surface area contributed by atoms with Gasteiger partial charge in [-0.05, 0) is 25.7 Å². The van der Waals surface area contributed by atoms with Crippen molar-refractivity contribution in [3.8, 4) is 0 Å². The fourth-order valence-corrected chi connectivity index (χ4v) is 3.06. The van der Waals surface area contributed by atoms with E-state index in [1.54, 1.807) is 0 Å². The molecular formula is C16H29N3O2. The van der Waals surface area contributed by atoms with Gasteiger partial charge in [0.15, 0.2) is 0 Å². The zero-order valence-corrected chi connectivity index (χ0v) is 13.6. The predicted octanol–water partition coefficient (Wildman–Crippen LogP) is 3.70. The Kier molecular flexibility index (Phi) is 5.76. The van der Waals surface area contributed by atoms with Gasteiger partial charge in [-0.2, -0.15) is 4.98 Å². The Hall–Kier alpha value is -0.940. The second-order valence-corrected chi connectivity index (χ2v) is 6.21. The van der Waals surface area contributed by atoms with Crippen molar-refractivity contribution < 1.29 is 9.26 Å². The average Bonchev–Trinajstić information content (AvgIpc) is 2.88. The number of hydrogen-bond acceptors (Lipinski definition) is 5. The summed E-state index contributed by atoms with van der Waals surface area (Å²) < 4.78 is 11.5. The molecule has 120 valence electrons. The molecule has 2 atom stereocenters. The van der Waals surface area contributed by atoms with Crippen LogP contribution < -0.4 is 5.73 Å². The lowest BCUT2D eigenvalue weighted by molar-refractivity contribution is -0.0636. The fourth-order valence-electron chi connectivity index (χ4n) is 3.06. The molecule has 1 aromatic rings. The SMILES string of the molecule is CCOC1(c2noc([C@@H](N)C(C)CC)n2)CCCCCC1. The molecule has 2 rings (SSSR count). The molecule has 1 unspecified atom stereocenters. The van der Waals surface area contributed by atoms with Gasteiger partial charge in [-0.15, -0.1) is 0 Å². The average molecular weight is 295 g/mol. The molecule has 1 aliphatic rings. The van der Waals surface area contributed by atoms with E-state index in [1.165, 1.54) is 12.8 Å². The lowest BCUT2D eigenvalue weighted by atomic mass is 9.93. The highest BCUT2D eigenvalue weighted by molar-refractivity contribution is 5.04. The number of nitrogens with zero attached hydrogens (tertiary/aromatic N) is 2. The van der Waals surface area contributed by atoms with Gasteiger partial charge in [-0.1, -0.05) is 51.1 Å². The summed E-state index contributed by atoms with van der Waals surface area (Å²) in [5.41, 5.74) is 5.83. The highest BCUT2D eigenvalue weighted by Gasteiger charge is 2.38. The van der Waals surface area contributed by atoms with Gasteiger partial charge in [-0.3, -0.25) is 0 Å². The Morgan fingerprint density at radius 1 is 1.24 bits per heavy atom. The van der Waals surface area contributed by atoms with Crippen LogP contribution in [0, 0.1) is 5.92 Å². The normalized spacial score (nSPS) is 21.7. The zero-order chi connectivity index (χ0) is 15.3. The minimum Gasteiger partial charge on any atom is -0.367 e. The second kappa shape index (κ2) is 7.36. The minimum atomic E-state index is -0.373. The maximum absolute atomic E-state index is 6.20. The molecule has 1 aromatic heterocycles. The standard InChI is InChI=1S/C16H29N3O2/c1-4-12(3)13(17)14-18-15(19-21-14)16(20-5-2)10-8-6-7-9-11-16/h12-13H,4-11,17H2,1-3H3/t12?,13-/m0/s1. The molecule has 5 nitrogen and oxygen atoms in total. The van der Waals surface area contributed by atoms with Crippen molar-refractivity contribution in [2.24, 2.45) is 11.7 Å². The Morgan fingerprint density at radius 3 is 2.48 bits per heavy atom. The smallest absolute Gasteiger partial charge is 0.243 e. The first kappa shape index (κ1) is 16.4. The van der Waals surface area contributed by atoms with Gasteiger partial charge in [0.2, 0.25) is 11.7 Å². The van der Waals surface area contributed by atoms with Gasteiger partial charge < -0.3 is 15.0 Å². The summed E-state index contributed by atoms with van der Waals surface area (Å²) >= 11 is 0. The van der Waals surface area contributed by atoms with E-state index in [-0.39, 0.29) is 11.6 Å². The molecule has 0 aliphatic heterocycles. The van der Waals surface area contributed by atoms with Gasteiger partial charge in [-0.25, -0.2) is 0 Å². The summed E-state index contributed by atoms with van der Waals surface area (Å²) in [5, 5.41) is 4.22. The Bertz CT molecular complexity index is 425. The zero-order valence-electron chi connectivity index (χ0n) is 13.6. The van der Waals surface area contributed by atoms with Crippen molar-refractivity contribution in [1.82, 2.24) is 10.1 Å². The number of ether oxygens (including phenoxy) is 1. The van der Waals surface area contributed by atoms with Crippen molar-refractivity contribution in [1.29, 1.82) is 0 Å². The summed E-state index contributed by atoms with van der Waals surface area (Å²) in [6.07, 6.45) is 7.76. The molecule has 0 aromatic carbocycles. The number of aromatic nitrogens is 2. The maximum atomic E-state index is 6.20. The van der Waals surface area contributed by atoms with Gasteiger partial charge >= 0.3 is 0 Å². The fraction of sp³-hybridized carbons (Fsp3) is 0.875. The molecule has 5 heteroatoms. The van der Waals surface area contributed by atoms with Crippen LogP contribution in [0.2, 0.25) is 0 Å². The highest BCUT2D eigenvalue weighted by atomic mass is 16.5. The van der Waals surface area contributed by atoms with Crippen LogP contribution in [-0.4, -0.2) is 16.7 Å². The van der Waals surface area contributed by atoms with E-state index in [1.807, 2.05) is 6.92 Å². The molecule has 1 saturated carbocycles. The first-order valence-electron chi connectivity index (χ1n) is 8.36. The minimum absolute atomic E-state index is 0.194. The number of nitrogens with two attached hydrogens (primary N) is 1.